The van der Waals surface area contributed by atoms with Crippen molar-refractivity contribution in [3.05, 3.63) is 66.0 Å². The van der Waals surface area contributed by atoms with Crippen molar-refractivity contribution in [2.45, 2.75) is 29.7 Å². The third kappa shape index (κ3) is 3.43. The van der Waals surface area contributed by atoms with E-state index < -0.39 is 6.03 Å². The Bertz CT molecular complexity index is 754. The van der Waals surface area contributed by atoms with Gasteiger partial charge in [0, 0.05) is 4.90 Å². The number of urea groups is 1. The number of thioether (sulfide) groups is 1. The maximum Gasteiger partial charge on any atom is 0.325 e. The summed E-state index contributed by atoms with van der Waals surface area (Å²) in [6.45, 7) is 1.86. The Morgan fingerprint density at radius 1 is 1.21 bits per heavy atom. The minimum atomic E-state index is -0.448. The lowest BCUT2D eigenvalue weighted by molar-refractivity contribution is -0.137. The Labute approximate surface area is 144 Å². The summed E-state index contributed by atoms with van der Waals surface area (Å²) in [6, 6.07) is 15.2. The summed E-state index contributed by atoms with van der Waals surface area (Å²) in [4.78, 5) is 25.8. The van der Waals surface area contributed by atoms with E-state index in [1.54, 1.807) is 18.2 Å². The van der Waals surface area contributed by atoms with E-state index in [1.165, 1.54) is 17.8 Å². The Hall–Kier alpha value is -2.34. The lowest BCUT2D eigenvalue weighted by Gasteiger charge is -2.38. The topological polar surface area (TPSA) is 49.4 Å². The molecule has 0 unspecified atom stereocenters. The normalized spacial score (nSPS) is 18.0. The van der Waals surface area contributed by atoms with Gasteiger partial charge in [-0.2, -0.15) is 0 Å². The molecule has 0 saturated carbocycles. The Balaban J connectivity index is 1.65. The lowest BCUT2D eigenvalue weighted by atomic mass is 10.1. The molecule has 6 heteroatoms. The second-order valence-corrected chi connectivity index (χ2v) is 6.77. The van der Waals surface area contributed by atoms with Gasteiger partial charge in [0.05, 0.1) is 12.5 Å². The summed E-state index contributed by atoms with van der Waals surface area (Å²) >= 11 is 1.19. The number of nitrogens with zero attached hydrogens (tertiary/aromatic N) is 1. The molecular formula is C18H17FN2O2S. The monoisotopic (exact) mass is 344 g/mol. The first-order valence-electron chi connectivity index (χ1n) is 7.65. The van der Waals surface area contributed by atoms with Crippen LogP contribution in [0.15, 0.2) is 59.5 Å². The van der Waals surface area contributed by atoms with E-state index in [4.69, 9.17) is 0 Å². The molecule has 24 heavy (non-hydrogen) atoms. The number of benzene rings is 2. The van der Waals surface area contributed by atoms with Crippen LogP contribution in [0.4, 0.5) is 9.18 Å². The predicted octanol–water partition coefficient (Wildman–Crippen LogP) is 3.95. The van der Waals surface area contributed by atoms with Gasteiger partial charge in [-0.1, -0.05) is 54.2 Å². The molecule has 124 valence electrons. The quantitative estimate of drug-likeness (QED) is 0.855. The molecule has 0 aliphatic carbocycles. The first kappa shape index (κ1) is 16.5. The van der Waals surface area contributed by atoms with Crippen molar-refractivity contribution >= 4 is 23.7 Å². The number of amides is 3. The summed E-state index contributed by atoms with van der Waals surface area (Å²) in [7, 11) is 0. The molecule has 2 aromatic carbocycles. The van der Waals surface area contributed by atoms with E-state index in [0.717, 1.165) is 10.5 Å². The van der Waals surface area contributed by atoms with Crippen molar-refractivity contribution in [3.8, 4) is 0 Å². The average molecular weight is 344 g/mol. The molecule has 2 aromatic rings. The van der Waals surface area contributed by atoms with Gasteiger partial charge in [-0.3, -0.25) is 9.69 Å². The molecule has 3 amide bonds. The molecule has 1 fully saturated rings. The van der Waals surface area contributed by atoms with Crippen LogP contribution in [0.2, 0.25) is 0 Å². The van der Waals surface area contributed by atoms with Crippen molar-refractivity contribution < 1.29 is 14.0 Å². The molecule has 0 bridgehead atoms. The van der Waals surface area contributed by atoms with Crippen molar-refractivity contribution in [3.63, 3.8) is 0 Å². The third-order valence-corrected chi connectivity index (χ3v) is 5.10. The van der Waals surface area contributed by atoms with Crippen LogP contribution in [0.3, 0.4) is 0 Å². The van der Waals surface area contributed by atoms with Crippen LogP contribution >= 0.6 is 11.8 Å². The Kier molecular flexibility index (Phi) is 4.85. The fourth-order valence-corrected chi connectivity index (χ4v) is 3.67. The molecule has 1 N–H and O–H groups in total. The number of rotatable bonds is 4. The van der Waals surface area contributed by atoms with Crippen molar-refractivity contribution in [1.29, 1.82) is 0 Å². The first-order chi connectivity index (χ1) is 11.6. The van der Waals surface area contributed by atoms with Gasteiger partial charge in [-0.15, -0.1) is 0 Å². The van der Waals surface area contributed by atoms with Gasteiger partial charge >= 0.3 is 6.03 Å². The largest absolute Gasteiger partial charge is 0.331 e. The molecule has 0 spiro atoms. The number of carbonyl (C=O) groups excluding carboxylic acids is 2. The van der Waals surface area contributed by atoms with Gasteiger partial charge in [0.25, 0.3) is 0 Å². The summed E-state index contributed by atoms with van der Waals surface area (Å²) in [5, 5.41) is 2.44. The van der Waals surface area contributed by atoms with Crippen LogP contribution in [-0.4, -0.2) is 22.2 Å². The zero-order valence-corrected chi connectivity index (χ0v) is 13.9. The molecule has 4 nitrogen and oxygen atoms in total. The first-order valence-corrected chi connectivity index (χ1v) is 8.53. The molecule has 1 aliphatic heterocycles. The fraction of sp³-hybridized carbons (Fsp3) is 0.222. The van der Waals surface area contributed by atoms with Crippen molar-refractivity contribution in [1.82, 2.24) is 10.2 Å². The number of nitrogens with one attached hydrogen (secondary N) is 1. The van der Waals surface area contributed by atoms with Crippen LogP contribution < -0.4 is 5.32 Å². The number of halogens is 1. The van der Waals surface area contributed by atoms with E-state index in [2.05, 4.69) is 5.32 Å². The van der Waals surface area contributed by atoms with Crippen molar-refractivity contribution in [2.75, 3.05) is 0 Å². The molecular weight excluding hydrogens is 327 g/mol. The number of carbonyl (C=O) groups is 2. The number of hydrogen-bond acceptors (Lipinski definition) is 3. The van der Waals surface area contributed by atoms with E-state index in [9.17, 15) is 14.0 Å². The predicted molar refractivity (Wildman–Crippen MR) is 90.9 cm³/mol. The van der Waals surface area contributed by atoms with Crippen molar-refractivity contribution in [2.24, 2.45) is 0 Å². The Morgan fingerprint density at radius 2 is 1.88 bits per heavy atom. The molecule has 2 atom stereocenters. The average Bonchev–Trinajstić information content (AvgIpc) is 2.56. The van der Waals surface area contributed by atoms with Crippen LogP contribution in [-0.2, 0) is 4.79 Å². The minimum absolute atomic E-state index is 0.216. The van der Waals surface area contributed by atoms with E-state index in [0.29, 0.717) is 4.90 Å². The molecule has 0 radical (unpaired) electrons. The van der Waals surface area contributed by atoms with E-state index in [-0.39, 0.29) is 29.6 Å². The smallest absolute Gasteiger partial charge is 0.325 e. The number of hydrogen-bond donors (Lipinski definition) is 1. The standard InChI is InChI=1S/C18H17FN2O2S/c1-12(13-7-3-2-4-8-13)20-18(23)21-16(22)11-17(21)24-15-10-6-5-9-14(15)19/h2-10,12,17H,11H2,1H3,(H,20,23)/t12-,17+/m0/s1. The SMILES string of the molecule is C[C@H](NC(=O)N1C(=O)C[C@H]1Sc1ccccc1F)c1ccccc1. The molecule has 1 aliphatic rings. The number of imide groups is 1. The maximum atomic E-state index is 13.7. The Morgan fingerprint density at radius 3 is 2.54 bits per heavy atom. The summed E-state index contributed by atoms with van der Waals surface area (Å²) in [5.74, 6) is -0.596. The highest BCUT2D eigenvalue weighted by molar-refractivity contribution is 8.00. The van der Waals surface area contributed by atoms with Gasteiger partial charge in [0.15, 0.2) is 0 Å². The van der Waals surface area contributed by atoms with Gasteiger partial charge in [0.1, 0.15) is 11.2 Å². The van der Waals surface area contributed by atoms with E-state index in [1.807, 2.05) is 37.3 Å². The highest BCUT2D eigenvalue weighted by Gasteiger charge is 2.42. The minimum Gasteiger partial charge on any atom is -0.331 e. The fourth-order valence-electron chi connectivity index (χ4n) is 2.49. The van der Waals surface area contributed by atoms with Gasteiger partial charge in [-0.25, -0.2) is 9.18 Å². The second-order valence-electron chi connectivity index (χ2n) is 5.55. The zero-order valence-electron chi connectivity index (χ0n) is 13.1. The lowest BCUT2D eigenvalue weighted by Crippen LogP contribution is -2.57. The third-order valence-electron chi connectivity index (χ3n) is 3.86. The second kappa shape index (κ2) is 7.05. The van der Waals surface area contributed by atoms with Crippen LogP contribution in [0.25, 0.3) is 0 Å². The summed E-state index contributed by atoms with van der Waals surface area (Å²) in [5.41, 5.74) is 0.956. The number of likely N-dealkylation sites (tertiary alicyclic amines) is 1. The van der Waals surface area contributed by atoms with Gasteiger partial charge in [0.2, 0.25) is 5.91 Å². The van der Waals surface area contributed by atoms with Gasteiger partial charge < -0.3 is 5.32 Å². The molecule has 1 heterocycles. The molecule has 0 aromatic heterocycles. The van der Waals surface area contributed by atoms with Crippen LogP contribution in [0.5, 0.6) is 0 Å². The molecule has 3 rings (SSSR count). The number of β-lactam (4-membered cyclic amide) rings is 1. The molecule has 1 saturated heterocycles. The van der Waals surface area contributed by atoms with Gasteiger partial charge in [-0.05, 0) is 24.6 Å². The van der Waals surface area contributed by atoms with Crippen LogP contribution in [0, 0.1) is 5.82 Å². The maximum absolute atomic E-state index is 13.7. The summed E-state index contributed by atoms with van der Waals surface area (Å²) in [6.07, 6.45) is 0.228. The summed E-state index contributed by atoms with van der Waals surface area (Å²) < 4.78 is 13.7. The van der Waals surface area contributed by atoms with E-state index >= 15 is 0 Å². The van der Waals surface area contributed by atoms with Crippen LogP contribution in [0.1, 0.15) is 24.9 Å². The zero-order chi connectivity index (χ0) is 17.1. The highest BCUT2D eigenvalue weighted by atomic mass is 32.2. The highest BCUT2D eigenvalue weighted by Crippen LogP contribution is 2.36.